The SMILES string of the molecule is COCCN(CC(=O)O)C(=O)c1cc(COC)on1. The minimum absolute atomic E-state index is 0.0457. The Kier molecular flexibility index (Phi) is 5.97. The molecule has 1 aromatic heterocycles. The van der Waals surface area contributed by atoms with Gasteiger partial charge in [0.2, 0.25) is 0 Å². The van der Waals surface area contributed by atoms with E-state index in [1.165, 1.54) is 20.3 Å². The molecule has 106 valence electrons. The maximum Gasteiger partial charge on any atom is 0.323 e. The van der Waals surface area contributed by atoms with Crippen LogP contribution in [0.15, 0.2) is 10.6 Å². The second kappa shape index (κ2) is 7.49. The summed E-state index contributed by atoms with van der Waals surface area (Å²) in [6, 6.07) is 1.42. The van der Waals surface area contributed by atoms with Crippen LogP contribution in [0.3, 0.4) is 0 Å². The van der Waals surface area contributed by atoms with Crippen LogP contribution in [0, 0.1) is 0 Å². The van der Waals surface area contributed by atoms with Gasteiger partial charge in [-0.25, -0.2) is 0 Å². The molecule has 0 aliphatic rings. The van der Waals surface area contributed by atoms with Crippen molar-refractivity contribution in [3.05, 3.63) is 17.5 Å². The van der Waals surface area contributed by atoms with Crippen LogP contribution in [0.25, 0.3) is 0 Å². The molecule has 0 spiro atoms. The van der Waals surface area contributed by atoms with E-state index in [1.54, 1.807) is 0 Å². The standard InChI is InChI=1S/C11H16N2O6/c1-17-4-3-13(6-10(14)15)11(16)9-5-8(7-18-2)19-12-9/h5H,3-4,6-7H2,1-2H3,(H,14,15). The summed E-state index contributed by atoms with van der Waals surface area (Å²) in [5, 5.41) is 12.4. The molecule has 0 aromatic carbocycles. The third kappa shape index (κ3) is 4.68. The van der Waals surface area contributed by atoms with Gasteiger partial charge in [-0.2, -0.15) is 0 Å². The van der Waals surface area contributed by atoms with Crippen molar-refractivity contribution < 1.29 is 28.7 Å². The number of hydrogen-bond acceptors (Lipinski definition) is 6. The van der Waals surface area contributed by atoms with Crippen molar-refractivity contribution in [3.63, 3.8) is 0 Å². The first-order valence-corrected chi connectivity index (χ1v) is 5.53. The van der Waals surface area contributed by atoms with Crippen molar-refractivity contribution in [1.82, 2.24) is 10.1 Å². The Labute approximate surface area is 109 Å². The largest absolute Gasteiger partial charge is 0.480 e. The first kappa shape index (κ1) is 15.1. The van der Waals surface area contributed by atoms with Gasteiger partial charge in [0, 0.05) is 26.8 Å². The Morgan fingerprint density at radius 1 is 1.42 bits per heavy atom. The Bertz CT molecular complexity index is 431. The van der Waals surface area contributed by atoms with Gasteiger partial charge in [-0.3, -0.25) is 9.59 Å². The molecule has 0 bridgehead atoms. The minimum atomic E-state index is -1.11. The Balaban J connectivity index is 2.75. The first-order chi connectivity index (χ1) is 9.08. The van der Waals surface area contributed by atoms with Crippen molar-refractivity contribution in [1.29, 1.82) is 0 Å². The van der Waals surface area contributed by atoms with Crippen molar-refractivity contribution in [2.75, 3.05) is 33.9 Å². The van der Waals surface area contributed by atoms with E-state index in [9.17, 15) is 9.59 Å². The number of carboxylic acids is 1. The van der Waals surface area contributed by atoms with Crippen molar-refractivity contribution >= 4 is 11.9 Å². The lowest BCUT2D eigenvalue weighted by molar-refractivity contribution is -0.137. The van der Waals surface area contributed by atoms with Crippen molar-refractivity contribution in [3.8, 4) is 0 Å². The molecular formula is C11H16N2O6. The maximum absolute atomic E-state index is 12.0. The number of carbonyl (C=O) groups is 2. The molecule has 0 fully saturated rings. The van der Waals surface area contributed by atoms with Crippen molar-refractivity contribution in [2.45, 2.75) is 6.61 Å². The normalized spacial score (nSPS) is 10.4. The third-order valence-electron chi connectivity index (χ3n) is 2.24. The minimum Gasteiger partial charge on any atom is -0.480 e. The van der Waals surface area contributed by atoms with E-state index in [-0.39, 0.29) is 25.5 Å². The predicted molar refractivity (Wildman–Crippen MR) is 62.6 cm³/mol. The number of carbonyl (C=O) groups excluding carboxylic acids is 1. The van der Waals surface area contributed by atoms with Gasteiger partial charge in [0.25, 0.3) is 5.91 Å². The van der Waals surface area contributed by atoms with Gasteiger partial charge < -0.3 is 24.0 Å². The lowest BCUT2D eigenvalue weighted by Gasteiger charge is -2.18. The molecule has 8 nitrogen and oxygen atoms in total. The van der Waals surface area contributed by atoms with Crippen LogP contribution in [0.2, 0.25) is 0 Å². The smallest absolute Gasteiger partial charge is 0.323 e. The highest BCUT2D eigenvalue weighted by molar-refractivity contribution is 5.94. The topological polar surface area (TPSA) is 102 Å². The van der Waals surface area contributed by atoms with Crippen LogP contribution < -0.4 is 0 Å². The van der Waals surface area contributed by atoms with Crippen LogP contribution in [-0.2, 0) is 20.9 Å². The number of carboxylic acid groups (broad SMARTS) is 1. The average molecular weight is 272 g/mol. The van der Waals surface area contributed by atoms with E-state index < -0.39 is 18.4 Å². The fraction of sp³-hybridized carbons (Fsp3) is 0.545. The molecule has 1 rings (SSSR count). The summed E-state index contributed by atoms with van der Waals surface area (Å²) in [6.45, 7) is 0.169. The van der Waals surface area contributed by atoms with Crippen LogP contribution in [-0.4, -0.2) is 61.0 Å². The fourth-order valence-electron chi connectivity index (χ4n) is 1.40. The van der Waals surface area contributed by atoms with Gasteiger partial charge >= 0.3 is 5.97 Å². The molecule has 1 N–H and O–H groups in total. The van der Waals surface area contributed by atoms with Gasteiger partial charge in [-0.1, -0.05) is 5.16 Å². The van der Waals surface area contributed by atoms with E-state index >= 15 is 0 Å². The summed E-state index contributed by atoms with van der Waals surface area (Å²) < 4.78 is 14.6. The van der Waals surface area contributed by atoms with E-state index in [1.807, 2.05) is 0 Å². The number of nitrogens with zero attached hydrogens (tertiary/aromatic N) is 2. The molecule has 1 aromatic rings. The second-order valence-electron chi connectivity index (χ2n) is 3.72. The van der Waals surface area contributed by atoms with E-state index in [0.29, 0.717) is 5.76 Å². The first-order valence-electron chi connectivity index (χ1n) is 5.53. The van der Waals surface area contributed by atoms with Gasteiger partial charge in [0.1, 0.15) is 13.2 Å². The molecule has 0 aliphatic carbocycles. The molecule has 0 atom stereocenters. The number of aromatic nitrogens is 1. The lowest BCUT2D eigenvalue weighted by Crippen LogP contribution is -2.38. The molecule has 1 heterocycles. The summed E-state index contributed by atoms with van der Waals surface area (Å²) in [5.74, 6) is -1.23. The zero-order valence-electron chi connectivity index (χ0n) is 10.8. The quantitative estimate of drug-likeness (QED) is 0.710. The number of ether oxygens (including phenoxy) is 2. The maximum atomic E-state index is 12.0. The van der Waals surface area contributed by atoms with E-state index in [0.717, 1.165) is 4.90 Å². The summed E-state index contributed by atoms with van der Waals surface area (Å²) in [4.78, 5) is 23.9. The number of aliphatic carboxylic acids is 1. The van der Waals surface area contributed by atoms with Crippen LogP contribution in [0.4, 0.5) is 0 Å². The fourth-order valence-corrected chi connectivity index (χ4v) is 1.40. The molecule has 0 saturated heterocycles. The van der Waals surface area contributed by atoms with Gasteiger partial charge in [0.05, 0.1) is 6.61 Å². The summed E-state index contributed by atoms with van der Waals surface area (Å²) in [7, 11) is 2.95. The second-order valence-corrected chi connectivity index (χ2v) is 3.72. The van der Waals surface area contributed by atoms with Crippen LogP contribution >= 0.6 is 0 Å². The van der Waals surface area contributed by atoms with Gasteiger partial charge in [0.15, 0.2) is 11.5 Å². The zero-order valence-corrected chi connectivity index (χ0v) is 10.8. The number of amides is 1. The molecule has 8 heteroatoms. The molecule has 0 aliphatic heterocycles. The highest BCUT2D eigenvalue weighted by atomic mass is 16.5. The van der Waals surface area contributed by atoms with Gasteiger partial charge in [-0.15, -0.1) is 0 Å². The number of methoxy groups -OCH3 is 2. The van der Waals surface area contributed by atoms with Crippen LogP contribution in [0.5, 0.6) is 0 Å². The number of rotatable bonds is 8. The summed E-state index contributed by atoms with van der Waals surface area (Å²) in [6.07, 6.45) is 0. The molecule has 0 unspecified atom stereocenters. The molecule has 0 saturated carbocycles. The predicted octanol–water partition coefficient (Wildman–Crippen LogP) is -0.00580. The third-order valence-corrected chi connectivity index (χ3v) is 2.24. The molecule has 1 amide bonds. The van der Waals surface area contributed by atoms with E-state index in [2.05, 4.69) is 5.16 Å². The molecule has 0 radical (unpaired) electrons. The van der Waals surface area contributed by atoms with Gasteiger partial charge in [-0.05, 0) is 0 Å². The lowest BCUT2D eigenvalue weighted by atomic mass is 10.3. The Morgan fingerprint density at radius 3 is 2.74 bits per heavy atom. The zero-order chi connectivity index (χ0) is 14.3. The Hall–Kier alpha value is -1.93. The average Bonchev–Trinajstić information content (AvgIpc) is 2.82. The number of hydrogen-bond donors (Lipinski definition) is 1. The molecular weight excluding hydrogens is 256 g/mol. The van der Waals surface area contributed by atoms with E-state index in [4.69, 9.17) is 19.1 Å². The summed E-state index contributed by atoms with van der Waals surface area (Å²) >= 11 is 0. The molecule has 19 heavy (non-hydrogen) atoms. The van der Waals surface area contributed by atoms with Crippen LogP contribution in [0.1, 0.15) is 16.2 Å². The Morgan fingerprint density at radius 2 is 2.16 bits per heavy atom. The summed E-state index contributed by atoms with van der Waals surface area (Å²) in [5.41, 5.74) is 0.0457. The van der Waals surface area contributed by atoms with Crippen molar-refractivity contribution in [2.24, 2.45) is 0 Å². The highest BCUT2D eigenvalue weighted by Crippen LogP contribution is 2.08. The highest BCUT2D eigenvalue weighted by Gasteiger charge is 2.21. The monoisotopic (exact) mass is 272 g/mol.